The molecule has 0 bridgehead atoms. The predicted molar refractivity (Wildman–Crippen MR) is 97.6 cm³/mol. The van der Waals surface area contributed by atoms with Gasteiger partial charge in [-0.15, -0.1) is 0 Å². The second-order valence-corrected chi connectivity index (χ2v) is 6.51. The van der Waals surface area contributed by atoms with E-state index in [0.717, 1.165) is 11.1 Å². The Balaban J connectivity index is 2.02. The number of nitrogens with one attached hydrogen (secondary N) is 1. The van der Waals surface area contributed by atoms with Crippen LogP contribution in [0.25, 0.3) is 11.3 Å². The predicted octanol–water partition coefficient (Wildman–Crippen LogP) is 4.05. The first kappa shape index (κ1) is 18.1. The monoisotopic (exact) mass is 374 g/mol. The van der Waals surface area contributed by atoms with Crippen molar-refractivity contribution in [3.8, 4) is 11.3 Å². The summed E-state index contributed by atoms with van der Waals surface area (Å²) in [6, 6.07) is 8.09. The standard InChI is InChI=1S/C19H19ClN2O4/c1-10-5-6-12(9-13(10)20)14-7-8-15(26-14)17-16(18(23)25-4)11(2)22(3)19(24)21-17/h5-9,17H,1-4H3,(H,21,24)/t17-/m0/s1. The number of amides is 2. The number of furan rings is 1. The van der Waals surface area contributed by atoms with Crippen LogP contribution < -0.4 is 5.32 Å². The van der Waals surface area contributed by atoms with Crippen molar-refractivity contribution in [3.63, 3.8) is 0 Å². The van der Waals surface area contributed by atoms with E-state index in [1.165, 1.54) is 12.0 Å². The number of hydrogen-bond donors (Lipinski definition) is 1. The van der Waals surface area contributed by atoms with Crippen molar-refractivity contribution in [2.75, 3.05) is 14.2 Å². The van der Waals surface area contributed by atoms with Gasteiger partial charge in [0.15, 0.2) is 0 Å². The van der Waals surface area contributed by atoms with Gasteiger partial charge >= 0.3 is 12.0 Å². The number of halogens is 1. The van der Waals surface area contributed by atoms with Gasteiger partial charge in [0.1, 0.15) is 17.6 Å². The number of methoxy groups -OCH3 is 1. The maximum atomic E-state index is 12.3. The van der Waals surface area contributed by atoms with Crippen LogP contribution in [0.5, 0.6) is 0 Å². The van der Waals surface area contributed by atoms with E-state index in [4.69, 9.17) is 20.8 Å². The summed E-state index contributed by atoms with van der Waals surface area (Å²) in [5.41, 5.74) is 2.63. The van der Waals surface area contributed by atoms with Crippen LogP contribution in [0.15, 0.2) is 46.0 Å². The van der Waals surface area contributed by atoms with E-state index in [1.807, 2.05) is 25.1 Å². The number of urea groups is 1. The zero-order chi connectivity index (χ0) is 19.0. The fraction of sp³-hybridized carbons (Fsp3) is 0.263. The molecule has 0 saturated carbocycles. The molecule has 1 aliphatic rings. The average molecular weight is 375 g/mol. The van der Waals surface area contributed by atoms with Crippen molar-refractivity contribution >= 4 is 23.6 Å². The minimum Gasteiger partial charge on any atom is -0.466 e. The first-order valence-electron chi connectivity index (χ1n) is 8.03. The lowest BCUT2D eigenvalue weighted by atomic mass is 10.0. The van der Waals surface area contributed by atoms with Gasteiger partial charge < -0.3 is 19.4 Å². The Morgan fingerprint density at radius 2 is 2.00 bits per heavy atom. The van der Waals surface area contributed by atoms with Gasteiger partial charge in [-0.05, 0) is 37.6 Å². The van der Waals surface area contributed by atoms with Crippen LogP contribution in [0.4, 0.5) is 4.79 Å². The molecule has 1 aromatic heterocycles. The summed E-state index contributed by atoms with van der Waals surface area (Å²) in [5, 5.41) is 3.41. The summed E-state index contributed by atoms with van der Waals surface area (Å²) in [7, 11) is 2.89. The number of rotatable bonds is 3. The molecule has 0 aliphatic carbocycles. The summed E-state index contributed by atoms with van der Waals surface area (Å²) < 4.78 is 10.8. The van der Waals surface area contributed by atoms with Crippen molar-refractivity contribution in [2.45, 2.75) is 19.9 Å². The van der Waals surface area contributed by atoms with E-state index in [-0.39, 0.29) is 6.03 Å². The zero-order valence-electron chi connectivity index (χ0n) is 14.9. The highest BCUT2D eigenvalue weighted by Gasteiger charge is 2.36. The molecule has 1 N–H and O–H groups in total. The van der Waals surface area contributed by atoms with Crippen molar-refractivity contribution in [1.29, 1.82) is 0 Å². The molecule has 0 unspecified atom stereocenters. The van der Waals surface area contributed by atoms with E-state index < -0.39 is 12.0 Å². The summed E-state index contributed by atoms with van der Waals surface area (Å²) in [6.45, 7) is 3.62. The third-order valence-corrected chi connectivity index (χ3v) is 4.93. The molecular formula is C19H19ClN2O4. The molecule has 136 valence electrons. The molecule has 1 aliphatic heterocycles. The summed E-state index contributed by atoms with van der Waals surface area (Å²) in [4.78, 5) is 25.8. The van der Waals surface area contributed by atoms with Crippen LogP contribution in [-0.2, 0) is 9.53 Å². The molecule has 2 aromatic rings. The topological polar surface area (TPSA) is 71.8 Å². The van der Waals surface area contributed by atoms with E-state index in [1.54, 1.807) is 26.1 Å². The molecule has 0 fully saturated rings. The van der Waals surface area contributed by atoms with Crippen LogP contribution in [0.1, 0.15) is 24.3 Å². The summed E-state index contributed by atoms with van der Waals surface area (Å²) in [6.07, 6.45) is 0. The molecule has 6 nitrogen and oxygen atoms in total. The lowest BCUT2D eigenvalue weighted by molar-refractivity contribution is -0.136. The van der Waals surface area contributed by atoms with Crippen molar-refractivity contribution in [1.82, 2.24) is 10.2 Å². The number of carbonyl (C=O) groups is 2. The van der Waals surface area contributed by atoms with E-state index >= 15 is 0 Å². The van der Waals surface area contributed by atoms with E-state index in [9.17, 15) is 9.59 Å². The number of benzene rings is 1. The summed E-state index contributed by atoms with van der Waals surface area (Å²) in [5.74, 6) is 0.519. The van der Waals surface area contributed by atoms with Gasteiger partial charge in [0.2, 0.25) is 0 Å². The highest BCUT2D eigenvalue weighted by molar-refractivity contribution is 6.31. The number of hydrogen-bond acceptors (Lipinski definition) is 4. The lowest BCUT2D eigenvalue weighted by Gasteiger charge is -2.31. The molecule has 7 heteroatoms. The molecule has 2 heterocycles. The number of aryl methyl sites for hydroxylation is 1. The molecular weight excluding hydrogens is 356 g/mol. The Labute approximate surface area is 156 Å². The molecule has 1 aromatic carbocycles. The van der Waals surface area contributed by atoms with Crippen LogP contribution >= 0.6 is 11.6 Å². The normalized spacial score (nSPS) is 17.3. The number of esters is 1. The molecule has 0 saturated heterocycles. The molecule has 0 spiro atoms. The third kappa shape index (κ3) is 3.08. The molecule has 1 atom stereocenters. The quantitative estimate of drug-likeness (QED) is 0.822. The first-order valence-corrected chi connectivity index (χ1v) is 8.40. The molecule has 0 radical (unpaired) electrons. The highest BCUT2D eigenvalue weighted by atomic mass is 35.5. The number of ether oxygens (including phenoxy) is 1. The summed E-state index contributed by atoms with van der Waals surface area (Å²) >= 11 is 6.18. The zero-order valence-corrected chi connectivity index (χ0v) is 15.7. The number of nitrogens with zero attached hydrogens (tertiary/aromatic N) is 1. The fourth-order valence-corrected chi connectivity index (χ4v) is 3.01. The fourth-order valence-electron chi connectivity index (χ4n) is 2.83. The van der Waals surface area contributed by atoms with Gasteiger partial charge in [-0.2, -0.15) is 0 Å². The van der Waals surface area contributed by atoms with Gasteiger partial charge in [-0.3, -0.25) is 0 Å². The van der Waals surface area contributed by atoms with Crippen LogP contribution in [0, 0.1) is 6.92 Å². The van der Waals surface area contributed by atoms with Gasteiger partial charge in [0, 0.05) is 23.3 Å². The van der Waals surface area contributed by atoms with Gasteiger partial charge in [0.05, 0.1) is 12.7 Å². The number of carbonyl (C=O) groups excluding carboxylic acids is 2. The first-order chi connectivity index (χ1) is 12.3. The van der Waals surface area contributed by atoms with Crippen molar-refractivity contribution < 1.29 is 18.7 Å². The number of allylic oxidation sites excluding steroid dienone is 1. The van der Waals surface area contributed by atoms with Crippen molar-refractivity contribution in [3.05, 3.63) is 57.9 Å². The van der Waals surface area contributed by atoms with Gasteiger partial charge in [-0.1, -0.05) is 23.7 Å². The second kappa shape index (κ2) is 6.88. The SMILES string of the molecule is COC(=O)C1=C(C)N(C)C(=O)N[C@H]1c1ccc(-c2ccc(C)c(Cl)c2)o1. The van der Waals surface area contributed by atoms with Crippen molar-refractivity contribution in [2.24, 2.45) is 0 Å². The minimum absolute atomic E-state index is 0.323. The van der Waals surface area contributed by atoms with Gasteiger partial charge in [-0.25, -0.2) is 9.59 Å². The smallest absolute Gasteiger partial charge is 0.338 e. The van der Waals surface area contributed by atoms with E-state index in [2.05, 4.69) is 5.32 Å². The van der Waals surface area contributed by atoms with Crippen LogP contribution in [0.3, 0.4) is 0 Å². The Kier molecular flexibility index (Phi) is 4.78. The Hall–Kier alpha value is -2.73. The van der Waals surface area contributed by atoms with E-state index in [0.29, 0.717) is 27.8 Å². The second-order valence-electron chi connectivity index (χ2n) is 6.10. The van der Waals surface area contributed by atoms with Crippen LogP contribution in [-0.4, -0.2) is 31.1 Å². The maximum Gasteiger partial charge on any atom is 0.338 e. The highest BCUT2D eigenvalue weighted by Crippen LogP contribution is 2.34. The Morgan fingerprint density at radius 3 is 2.65 bits per heavy atom. The molecule has 26 heavy (non-hydrogen) atoms. The Morgan fingerprint density at radius 1 is 1.27 bits per heavy atom. The van der Waals surface area contributed by atoms with Crippen LogP contribution in [0.2, 0.25) is 5.02 Å². The molecule has 2 amide bonds. The largest absolute Gasteiger partial charge is 0.466 e. The van der Waals surface area contributed by atoms with Gasteiger partial charge in [0.25, 0.3) is 0 Å². The Bertz CT molecular complexity index is 916. The minimum atomic E-state index is -0.721. The third-order valence-electron chi connectivity index (χ3n) is 4.53. The average Bonchev–Trinajstić information content (AvgIpc) is 3.11. The maximum absolute atomic E-state index is 12.3. The molecule has 3 rings (SSSR count). The lowest BCUT2D eigenvalue weighted by Crippen LogP contribution is -2.46.